The average molecular weight is 535 g/mol. The Morgan fingerprint density at radius 1 is 1.21 bits per heavy atom. The Hall–Kier alpha value is -5.67. The normalized spacial score (nSPS) is 10.9. The van der Waals surface area contributed by atoms with Crippen LogP contribution in [0.4, 0.5) is 11.5 Å². The molecule has 0 radical (unpaired) electrons. The minimum atomic E-state index is -0.717. The molecule has 0 saturated heterocycles. The van der Waals surface area contributed by atoms with E-state index in [2.05, 4.69) is 35.8 Å². The molecule has 16 nitrogen and oxygen atoms in total. The number of nitrogens with one attached hydrogen (secondary N) is 1. The summed E-state index contributed by atoms with van der Waals surface area (Å²) < 4.78 is 16.7. The third-order valence-electron chi connectivity index (χ3n) is 5.23. The molecule has 0 fully saturated rings. The van der Waals surface area contributed by atoms with Gasteiger partial charge in [0.2, 0.25) is 11.6 Å². The molecule has 200 valence electrons. The van der Waals surface area contributed by atoms with Gasteiger partial charge in [-0.3, -0.25) is 14.9 Å². The number of amides is 1. The van der Waals surface area contributed by atoms with Gasteiger partial charge in [-0.05, 0) is 67.0 Å². The molecule has 2 heterocycles. The fraction of sp³-hybridized carbons (Fsp3) is 0.174. The average Bonchev–Trinajstić information content (AvgIpc) is 3.49. The van der Waals surface area contributed by atoms with Crippen molar-refractivity contribution in [2.45, 2.75) is 20.8 Å². The van der Waals surface area contributed by atoms with E-state index in [9.17, 15) is 19.7 Å². The molecule has 4 rings (SSSR count). The van der Waals surface area contributed by atoms with Crippen molar-refractivity contribution >= 4 is 29.6 Å². The lowest BCUT2D eigenvalue weighted by Crippen LogP contribution is -2.22. The second-order valence-corrected chi connectivity index (χ2v) is 7.89. The van der Waals surface area contributed by atoms with E-state index in [0.29, 0.717) is 11.1 Å². The Morgan fingerprint density at radius 3 is 2.67 bits per heavy atom. The Morgan fingerprint density at radius 2 is 2.00 bits per heavy atom. The Labute approximate surface area is 219 Å². The van der Waals surface area contributed by atoms with Gasteiger partial charge in [0, 0.05) is 11.6 Å². The largest absolute Gasteiger partial charge is 0.490 e. The molecule has 39 heavy (non-hydrogen) atoms. The van der Waals surface area contributed by atoms with Gasteiger partial charge in [-0.25, -0.2) is 14.8 Å². The number of ether oxygens (including phenoxy) is 2. The van der Waals surface area contributed by atoms with Crippen LogP contribution in [-0.4, -0.2) is 54.9 Å². The van der Waals surface area contributed by atoms with Crippen molar-refractivity contribution in [3.05, 3.63) is 74.6 Å². The molecule has 0 aliphatic carbocycles. The fourth-order valence-electron chi connectivity index (χ4n) is 3.43. The molecule has 2 aromatic carbocycles. The van der Waals surface area contributed by atoms with Crippen LogP contribution in [0.15, 0.2) is 46.1 Å². The zero-order chi connectivity index (χ0) is 28.1. The first-order valence-corrected chi connectivity index (χ1v) is 11.3. The van der Waals surface area contributed by atoms with Crippen molar-refractivity contribution in [3.8, 4) is 17.3 Å². The van der Waals surface area contributed by atoms with Crippen LogP contribution >= 0.6 is 0 Å². The lowest BCUT2D eigenvalue weighted by molar-refractivity contribution is -0.385. The van der Waals surface area contributed by atoms with E-state index in [1.165, 1.54) is 37.4 Å². The summed E-state index contributed by atoms with van der Waals surface area (Å²) in [6, 6.07) is 8.57. The van der Waals surface area contributed by atoms with Crippen LogP contribution in [0.3, 0.4) is 0 Å². The molecule has 2 aromatic heterocycles. The minimum Gasteiger partial charge on any atom is -0.490 e. The highest BCUT2D eigenvalue weighted by atomic mass is 16.6. The van der Waals surface area contributed by atoms with Crippen molar-refractivity contribution in [2.24, 2.45) is 5.10 Å². The highest BCUT2D eigenvalue weighted by molar-refractivity contribution is 5.95. The summed E-state index contributed by atoms with van der Waals surface area (Å²) in [6.07, 6.45) is 1.35. The summed E-state index contributed by atoms with van der Waals surface area (Å²) >= 11 is 0. The van der Waals surface area contributed by atoms with Gasteiger partial charge in [0.15, 0.2) is 17.2 Å². The predicted octanol–water partition coefficient (Wildman–Crippen LogP) is 2.14. The maximum absolute atomic E-state index is 12.7. The number of nitrogens with two attached hydrogens (primary N) is 1. The van der Waals surface area contributed by atoms with Gasteiger partial charge in [0.1, 0.15) is 0 Å². The van der Waals surface area contributed by atoms with Gasteiger partial charge < -0.3 is 15.2 Å². The Balaban J connectivity index is 1.48. The van der Waals surface area contributed by atoms with Crippen molar-refractivity contribution in [2.75, 3.05) is 12.3 Å². The predicted molar refractivity (Wildman–Crippen MR) is 134 cm³/mol. The van der Waals surface area contributed by atoms with E-state index in [1.54, 1.807) is 26.0 Å². The van der Waals surface area contributed by atoms with Crippen LogP contribution in [0, 0.1) is 24.0 Å². The molecule has 0 unspecified atom stereocenters. The number of nitro benzene ring substituents is 1. The number of benzene rings is 2. The number of hydrogen-bond acceptors (Lipinski definition) is 13. The number of esters is 1. The van der Waals surface area contributed by atoms with E-state index in [1.807, 2.05) is 0 Å². The molecule has 0 spiro atoms. The van der Waals surface area contributed by atoms with E-state index in [4.69, 9.17) is 15.2 Å². The Kier molecular flexibility index (Phi) is 7.55. The number of nitro groups is 1. The molecular formula is C23H21N9O7. The quantitative estimate of drug-likeness (QED) is 0.104. The van der Waals surface area contributed by atoms with Crippen molar-refractivity contribution in [3.63, 3.8) is 0 Å². The summed E-state index contributed by atoms with van der Waals surface area (Å²) in [5.41, 5.74) is 9.23. The van der Waals surface area contributed by atoms with Gasteiger partial charge >= 0.3 is 5.97 Å². The first-order chi connectivity index (χ1) is 18.7. The van der Waals surface area contributed by atoms with Crippen LogP contribution in [0.25, 0.3) is 5.82 Å². The second kappa shape index (κ2) is 11.2. The smallest absolute Gasteiger partial charge is 0.343 e. The number of hydrazone groups is 1. The van der Waals surface area contributed by atoms with Gasteiger partial charge in [0.05, 0.1) is 29.0 Å². The molecular weight excluding hydrogens is 514 g/mol. The van der Waals surface area contributed by atoms with Gasteiger partial charge in [-0.15, -0.1) is 5.10 Å². The molecule has 16 heteroatoms. The number of carbonyl (C=O) groups is 2. The zero-order valence-electron chi connectivity index (χ0n) is 20.8. The molecule has 3 N–H and O–H groups in total. The standard InChI is InChI=1S/C23H21N9O7/c1-4-37-18-10-14(5-8-17(18)38-23(34)15-6-7-16(32(35)36)12(2)9-15)11-25-27-22(33)19-13(3)26-30-31(19)21-20(24)28-39-29-21/h5-11H,4H2,1-3H3,(H2,24,28)(H,27,33)/b25-11-. The van der Waals surface area contributed by atoms with Crippen LogP contribution in [-0.2, 0) is 0 Å². The number of aryl methyl sites for hydroxylation is 2. The van der Waals surface area contributed by atoms with Crippen molar-refractivity contribution < 1.29 is 28.6 Å². The number of rotatable bonds is 9. The maximum atomic E-state index is 12.7. The SMILES string of the molecule is CCOc1cc(/C=N\NC(=O)c2c(C)nnn2-c2nonc2N)ccc1OC(=O)c1ccc([N+](=O)[O-])c(C)c1. The third-order valence-corrected chi connectivity index (χ3v) is 5.23. The summed E-state index contributed by atoms with van der Waals surface area (Å²) in [6.45, 7) is 5.12. The molecule has 1 amide bonds. The van der Waals surface area contributed by atoms with Gasteiger partial charge in [0.25, 0.3) is 11.6 Å². The molecule has 0 atom stereocenters. The minimum absolute atomic E-state index is 0.000100. The number of hydrogen-bond donors (Lipinski definition) is 2. The number of carbonyl (C=O) groups excluding carboxylic acids is 2. The monoisotopic (exact) mass is 535 g/mol. The van der Waals surface area contributed by atoms with Gasteiger partial charge in [-0.1, -0.05) is 5.21 Å². The molecule has 4 aromatic rings. The van der Waals surface area contributed by atoms with Gasteiger partial charge in [-0.2, -0.15) is 9.78 Å². The second-order valence-electron chi connectivity index (χ2n) is 7.89. The first kappa shape index (κ1) is 26.4. The lowest BCUT2D eigenvalue weighted by Gasteiger charge is -2.11. The summed E-state index contributed by atoms with van der Waals surface area (Å²) in [5, 5.41) is 29.7. The summed E-state index contributed by atoms with van der Waals surface area (Å²) in [5.74, 6) is -1.07. The zero-order valence-corrected chi connectivity index (χ0v) is 20.8. The molecule has 0 bridgehead atoms. The van der Waals surface area contributed by atoms with Crippen LogP contribution in [0.5, 0.6) is 11.5 Å². The number of anilines is 1. The van der Waals surface area contributed by atoms with Crippen LogP contribution < -0.4 is 20.6 Å². The highest BCUT2D eigenvalue weighted by Crippen LogP contribution is 2.29. The summed E-state index contributed by atoms with van der Waals surface area (Å²) in [4.78, 5) is 35.9. The lowest BCUT2D eigenvalue weighted by atomic mass is 10.1. The van der Waals surface area contributed by atoms with Crippen LogP contribution in [0.1, 0.15) is 44.6 Å². The first-order valence-electron chi connectivity index (χ1n) is 11.3. The Bertz CT molecular complexity index is 1590. The van der Waals surface area contributed by atoms with Crippen LogP contribution in [0.2, 0.25) is 0 Å². The molecule has 0 aliphatic rings. The van der Waals surface area contributed by atoms with Crippen molar-refractivity contribution in [1.29, 1.82) is 0 Å². The van der Waals surface area contributed by atoms with E-state index >= 15 is 0 Å². The molecule has 0 saturated carbocycles. The van der Waals surface area contributed by atoms with E-state index in [0.717, 1.165) is 4.68 Å². The molecule has 0 aliphatic heterocycles. The van der Waals surface area contributed by atoms with E-state index in [-0.39, 0.29) is 52.4 Å². The fourth-order valence-corrected chi connectivity index (χ4v) is 3.43. The number of aromatic nitrogens is 5. The summed E-state index contributed by atoms with van der Waals surface area (Å²) in [7, 11) is 0. The maximum Gasteiger partial charge on any atom is 0.343 e. The highest BCUT2D eigenvalue weighted by Gasteiger charge is 2.23. The van der Waals surface area contributed by atoms with Crippen molar-refractivity contribution in [1.82, 2.24) is 30.7 Å². The topological polar surface area (TPSA) is 216 Å². The third kappa shape index (κ3) is 5.68. The number of nitrogens with zero attached hydrogens (tertiary/aromatic N) is 7. The number of nitrogen functional groups attached to an aromatic ring is 1. The van der Waals surface area contributed by atoms with E-state index < -0.39 is 16.8 Å².